The molecule has 0 aliphatic carbocycles. The third kappa shape index (κ3) is 6.10. The van der Waals surface area contributed by atoms with E-state index in [0.717, 1.165) is 18.8 Å². The van der Waals surface area contributed by atoms with Crippen LogP contribution in [0.15, 0.2) is 0 Å². The third-order valence-electron chi connectivity index (χ3n) is 4.03. The van der Waals surface area contributed by atoms with Crippen LogP contribution in [-0.2, 0) is 0 Å². The van der Waals surface area contributed by atoms with Crippen molar-refractivity contribution in [1.82, 2.24) is 0 Å². The summed E-state index contributed by atoms with van der Waals surface area (Å²) >= 11 is 0. The van der Waals surface area contributed by atoms with Gasteiger partial charge in [-0.1, -0.05) is 59.8 Å². The van der Waals surface area contributed by atoms with E-state index in [1.807, 2.05) is 0 Å². The monoisotopic (exact) mass is 249 g/mol. The number of hydrogen-bond donors (Lipinski definition) is 1. The van der Waals surface area contributed by atoms with E-state index in [0.29, 0.717) is 0 Å². The molecule has 0 fully saturated rings. The van der Waals surface area contributed by atoms with Crippen molar-refractivity contribution < 1.29 is 0 Å². The number of rotatable bonds is 9. The summed E-state index contributed by atoms with van der Waals surface area (Å²) in [4.78, 5) is 0. The summed E-state index contributed by atoms with van der Waals surface area (Å²) in [5.41, 5.74) is 6.56. The van der Waals surface area contributed by atoms with Gasteiger partial charge >= 0.3 is 0 Å². The fourth-order valence-electron chi connectivity index (χ4n) is 2.54. The summed E-state index contributed by atoms with van der Waals surface area (Å²) in [6.45, 7) is 9.02. The number of unbranched alkanes of at least 4 members (excludes halogenated alkanes) is 3. The van der Waals surface area contributed by atoms with Gasteiger partial charge in [0.25, 0.3) is 0 Å². The lowest BCUT2D eigenvalue weighted by Gasteiger charge is -2.36. The predicted octanol–water partition coefficient (Wildman–Crippen LogP) is 4.92. The van der Waals surface area contributed by atoms with Gasteiger partial charge in [-0.25, -0.2) is 0 Å². The number of hydrogen-bond acceptors (Lipinski definition) is 1. The van der Waals surface area contributed by atoms with Crippen molar-refractivity contribution in [1.29, 1.82) is 0 Å². The van der Waals surface area contributed by atoms with Gasteiger partial charge in [-0.3, -0.25) is 0 Å². The Balaban J connectivity index is 0. The molecule has 0 amide bonds. The maximum atomic E-state index is 6.47. The lowest BCUT2D eigenvalue weighted by molar-refractivity contribution is 0.225. The van der Waals surface area contributed by atoms with Crippen LogP contribution in [-0.4, -0.2) is 5.54 Å². The second-order valence-electron chi connectivity index (χ2n) is 4.89. The van der Waals surface area contributed by atoms with Crippen molar-refractivity contribution in [3.8, 4) is 0 Å². The molecule has 2 N–H and O–H groups in total. The van der Waals surface area contributed by atoms with Gasteiger partial charge in [0.15, 0.2) is 0 Å². The molecule has 100 valence electrons. The Bertz CT molecular complexity index is 144. The zero-order chi connectivity index (χ0) is 11.7. The Hall–Kier alpha value is 0.250. The Morgan fingerprint density at radius 2 is 1.50 bits per heavy atom. The van der Waals surface area contributed by atoms with E-state index in [-0.39, 0.29) is 17.9 Å². The summed E-state index contributed by atoms with van der Waals surface area (Å²) in [7, 11) is 0. The summed E-state index contributed by atoms with van der Waals surface area (Å²) in [5.74, 6) is 0.726. The zero-order valence-corrected chi connectivity index (χ0v) is 12.5. The summed E-state index contributed by atoms with van der Waals surface area (Å²) in [5, 5.41) is 0. The molecule has 2 heteroatoms. The van der Waals surface area contributed by atoms with Crippen molar-refractivity contribution in [2.45, 2.75) is 84.6 Å². The van der Waals surface area contributed by atoms with Gasteiger partial charge in [0.2, 0.25) is 0 Å². The molecule has 1 atom stereocenters. The van der Waals surface area contributed by atoms with Crippen LogP contribution in [0.4, 0.5) is 0 Å². The van der Waals surface area contributed by atoms with E-state index in [4.69, 9.17) is 5.73 Å². The average molecular weight is 250 g/mol. The molecule has 0 radical (unpaired) electrons. The molecular formula is C14H32ClN. The van der Waals surface area contributed by atoms with E-state index in [2.05, 4.69) is 27.7 Å². The van der Waals surface area contributed by atoms with Crippen molar-refractivity contribution in [3.05, 3.63) is 0 Å². The smallest absolute Gasteiger partial charge is 0.0177 e. The molecule has 0 rings (SSSR count). The molecule has 0 aliphatic heterocycles. The van der Waals surface area contributed by atoms with Crippen molar-refractivity contribution >= 4 is 12.4 Å². The van der Waals surface area contributed by atoms with Crippen LogP contribution >= 0.6 is 12.4 Å². The Kier molecular flexibility index (Phi) is 12.1. The van der Waals surface area contributed by atoms with Crippen LogP contribution in [0.2, 0.25) is 0 Å². The lowest BCUT2D eigenvalue weighted by Crippen LogP contribution is -2.45. The molecule has 0 bridgehead atoms. The van der Waals surface area contributed by atoms with Crippen molar-refractivity contribution in [3.63, 3.8) is 0 Å². The van der Waals surface area contributed by atoms with Gasteiger partial charge in [0.05, 0.1) is 0 Å². The standard InChI is InChI=1S/C14H31N.ClH/c1-5-9-10-11-12-13(6-2)14(15,7-3)8-4;/h13H,5-12,15H2,1-4H3;1H. The van der Waals surface area contributed by atoms with Crippen molar-refractivity contribution in [2.75, 3.05) is 0 Å². The molecule has 16 heavy (non-hydrogen) atoms. The molecule has 0 aliphatic rings. The zero-order valence-electron chi connectivity index (χ0n) is 11.7. The van der Waals surface area contributed by atoms with Gasteiger partial charge in [-0.15, -0.1) is 12.4 Å². The highest BCUT2D eigenvalue weighted by molar-refractivity contribution is 5.85. The SMILES string of the molecule is CCCCCCC(CC)C(N)(CC)CC.Cl. The fraction of sp³-hybridized carbons (Fsp3) is 1.00. The van der Waals surface area contributed by atoms with E-state index in [1.165, 1.54) is 38.5 Å². The van der Waals surface area contributed by atoms with E-state index in [9.17, 15) is 0 Å². The molecule has 0 heterocycles. The van der Waals surface area contributed by atoms with Crippen LogP contribution in [0.3, 0.4) is 0 Å². The Morgan fingerprint density at radius 3 is 1.88 bits per heavy atom. The first kappa shape index (κ1) is 18.6. The first-order valence-electron chi connectivity index (χ1n) is 6.93. The molecule has 0 aromatic rings. The molecular weight excluding hydrogens is 218 g/mol. The second kappa shape index (κ2) is 10.4. The molecule has 0 aromatic heterocycles. The minimum Gasteiger partial charge on any atom is -0.325 e. The summed E-state index contributed by atoms with van der Waals surface area (Å²) in [6.07, 6.45) is 10.3. The second-order valence-corrected chi connectivity index (χ2v) is 4.89. The number of halogens is 1. The lowest BCUT2D eigenvalue weighted by atomic mass is 9.76. The molecule has 1 unspecified atom stereocenters. The summed E-state index contributed by atoms with van der Waals surface area (Å²) < 4.78 is 0. The largest absolute Gasteiger partial charge is 0.325 e. The highest BCUT2D eigenvalue weighted by Crippen LogP contribution is 2.29. The summed E-state index contributed by atoms with van der Waals surface area (Å²) in [6, 6.07) is 0. The van der Waals surface area contributed by atoms with Crippen LogP contribution in [0, 0.1) is 5.92 Å². The van der Waals surface area contributed by atoms with E-state index >= 15 is 0 Å². The highest BCUT2D eigenvalue weighted by atomic mass is 35.5. The van der Waals surface area contributed by atoms with Crippen LogP contribution in [0.25, 0.3) is 0 Å². The first-order chi connectivity index (χ1) is 7.14. The maximum Gasteiger partial charge on any atom is 0.0177 e. The topological polar surface area (TPSA) is 26.0 Å². The van der Waals surface area contributed by atoms with Gasteiger partial charge in [-0.05, 0) is 25.2 Å². The van der Waals surface area contributed by atoms with E-state index < -0.39 is 0 Å². The quantitative estimate of drug-likeness (QED) is 0.577. The highest BCUT2D eigenvalue weighted by Gasteiger charge is 2.29. The Morgan fingerprint density at radius 1 is 0.938 bits per heavy atom. The average Bonchev–Trinajstić information content (AvgIpc) is 2.28. The number of nitrogens with two attached hydrogens (primary N) is 1. The molecule has 1 nitrogen and oxygen atoms in total. The van der Waals surface area contributed by atoms with Crippen molar-refractivity contribution in [2.24, 2.45) is 11.7 Å². The fourth-order valence-corrected chi connectivity index (χ4v) is 2.54. The predicted molar refractivity (Wildman–Crippen MR) is 77.3 cm³/mol. The minimum atomic E-state index is 0. The van der Waals surface area contributed by atoms with Gasteiger partial charge in [0, 0.05) is 5.54 Å². The molecule has 0 saturated carbocycles. The van der Waals surface area contributed by atoms with Crippen LogP contribution in [0.1, 0.15) is 79.1 Å². The van der Waals surface area contributed by atoms with Crippen LogP contribution in [0.5, 0.6) is 0 Å². The third-order valence-corrected chi connectivity index (χ3v) is 4.03. The molecule has 0 spiro atoms. The Labute approximate surface area is 109 Å². The molecule has 0 saturated heterocycles. The van der Waals surface area contributed by atoms with Gasteiger partial charge in [0.1, 0.15) is 0 Å². The van der Waals surface area contributed by atoms with Crippen LogP contribution < -0.4 is 5.73 Å². The molecule has 0 aromatic carbocycles. The maximum absolute atomic E-state index is 6.47. The normalized spacial score (nSPS) is 13.3. The van der Waals surface area contributed by atoms with Gasteiger partial charge < -0.3 is 5.73 Å². The first-order valence-corrected chi connectivity index (χ1v) is 6.93. The minimum absolute atomic E-state index is 0. The van der Waals surface area contributed by atoms with Gasteiger partial charge in [-0.2, -0.15) is 0 Å². The van der Waals surface area contributed by atoms with E-state index in [1.54, 1.807) is 0 Å².